The molecule has 0 aromatic rings. The van der Waals surface area contributed by atoms with Gasteiger partial charge in [0.1, 0.15) is 6.10 Å². The van der Waals surface area contributed by atoms with Crippen LogP contribution in [0.5, 0.6) is 0 Å². The third-order valence-corrected chi connectivity index (χ3v) is 9.60. The zero-order valence-corrected chi connectivity index (χ0v) is 27.7. The second kappa shape index (κ2) is 19.1. The number of nitrogens with two attached hydrogens (primary N) is 2. The second-order valence-corrected chi connectivity index (χ2v) is 13.1. The summed E-state index contributed by atoms with van der Waals surface area (Å²) in [5.41, 5.74) is 11.0. The molecule has 2 fully saturated rings. The summed E-state index contributed by atoms with van der Waals surface area (Å²) in [7, 11) is 0. The number of thioether (sulfide) groups is 1. The summed E-state index contributed by atoms with van der Waals surface area (Å²) in [6, 6.07) is -2.06. The minimum Gasteiger partial charge on any atom is -0.477 e. The number of fused-ring (bicyclic) bond motifs is 1. The number of urea groups is 1. The molecule has 12 N–H and O–H groups in total. The number of aliphatic hydroxyl groups excluding tert-OH is 2. The number of amides is 5. The minimum atomic E-state index is -1.71. The third kappa shape index (κ3) is 11.9. The molecule has 8 atom stereocenters. The highest BCUT2D eigenvalue weighted by Gasteiger charge is 2.46. The molecule has 3 rings (SSSR count). The van der Waals surface area contributed by atoms with E-state index in [0.29, 0.717) is 24.6 Å². The third-order valence-electron chi connectivity index (χ3n) is 8.09. The lowest BCUT2D eigenvalue weighted by Crippen LogP contribution is -2.61. The van der Waals surface area contributed by atoms with Crippen LogP contribution < -0.4 is 38.1 Å². The fraction of sp³-hybridized carbons (Fsp3) is 0.724. The van der Waals surface area contributed by atoms with Crippen LogP contribution in [0.15, 0.2) is 16.8 Å². The van der Waals surface area contributed by atoms with E-state index >= 15 is 0 Å². The smallest absolute Gasteiger partial charge is 0.407 e. The van der Waals surface area contributed by atoms with Crippen LogP contribution in [0, 0.1) is 0 Å². The van der Waals surface area contributed by atoms with Crippen LogP contribution in [-0.2, 0) is 23.9 Å². The van der Waals surface area contributed by atoms with Crippen molar-refractivity contribution in [1.29, 1.82) is 0 Å². The Kier molecular flexibility index (Phi) is 15.3. The molecule has 5 amide bonds. The predicted octanol–water partition coefficient (Wildman–Crippen LogP) is -1.65. The van der Waals surface area contributed by atoms with Gasteiger partial charge in [-0.05, 0) is 31.8 Å². The number of hydrogen-bond donors (Lipinski definition) is 10. The number of unbranched alkanes of at least 4 members (excludes halogenated alkanes) is 4. The summed E-state index contributed by atoms with van der Waals surface area (Å²) in [5, 5.41) is 44.0. The van der Waals surface area contributed by atoms with Crippen LogP contribution in [-0.4, -0.2) is 124 Å². The van der Waals surface area contributed by atoms with Gasteiger partial charge in [0, 0.05) is 37.4 Å². The van der Waals surface area contributed by atoms with Crippen molar-refractivity contribution >= 4 is 47.6 Å². The topological polar surface area (TPSA) is 289 Å². The van der Waals surface area contributed by atoms with Crippen molar-refractivity contribution in [3.8, 4) is 0 Å². The molecule has 3 aliphatic rings. The van der Waals surface area contributed by atoms with Gasteiger partial charge in [0.05, 0.1) is 30.8 Å². The van der Waals surface area contributed by atoms with Gasteiger partial charge in [-0.2, -0.15) is 11.8 Å². The molecule has 18 nitrogen and oxygen atoms in total. The molecule has 0 saturated carbocycles. The summed E-state index contributed by atoms with van der Waals surface area (Å²) in [6.45, 7) is 1.06. The molecular formula is C29H48N8O10S. The predicted molar refractivity (Wildman–Crippen MR) is 175 cm³/mol. The van der Waals surface area contributed by atoms with Crippen LogP contribution in [0.3, 0.4) is 0 Å². The number of nitrogens with one attached hydrogen (secondary N) is 5. The quantitative estimate of drug-likeness (QED) is 0.0313. The van der Waals surface area contributed by atoms with Gasteiger partial charge in [-0.1, -0.05) is 19.3 Å². The van der Waals surface area contributed by atoms with Crippen LogP contribution in [0.1, 0.15) is 58.3 Å². The Bertz CT molecular complexity index is 1200. The van der Waals surface area contributed by atoms with Crippen molar-refractivity contribution in [3.63, 3.8) is 0 Å². The molecule has 270 valence electrons. The van der Waals surface area contributed by atoms with Crippen LogP contribution in [0.2, 0.25) is 0 Å². The van der Waals surface area contributed by atoms with E-state index in [4.69, 9.17) is 20.9 Å². The van der Waals surface area contributed by atoms with Gasteiger partial charge in [-0.15, -0.1) is 0 Å². The molecule has 0 aliphatic carbocycles. The molecule has 0 radical (unpaired) electrons. The lowest BCUT2D eigenvalue weighted by molar-refractivity contribution is -0.146. The zero-order valence-electron chi connectivity index (χ0n) is 26.9. The van der Waals surface area contributed by atoms with Gasteiger partial charge in [0.2, 0.25) is 17.6 Å². The largest absolute Gasteiger partial charge is 0.477 e. The number of carbonyl (C=O) groups excluding carboxylic acids is 4. The van der Waals surface area contributed by atoms with E-state index in [9.17, 15) is 39.3 Å². The lowest BCUT2D eigenvalue weighted by atomic mass is 9.92. The van der Waals surface area contributed by atoms with E-state index in [1.807, 2.05) is 11.8 Å². The first kappa shape index (κ1) is 38.5. The lowest BCUT2D eigenvalue weighted by Gasteiger charge is -2.39. The molecule has 2 saturated heterocycles. The molecule has 19 heteroatoms. The average Bonchev–Trinajstić information content (AvgIpc) is 3.58. The first-order valence-corrected chi connectivity index (χ1v) is 17.1. The van der Waals surface area contributed by atoms with Gasteiger partial charge in [0.25, 0.3) is 0 Å². The highest BCUT2D eigenvalue weighted by atomic mass is 32.2. The van der Waals surface area contributed by atoms with Gasteiger partial charge >= 0.3 is 18.1 Å². The number of alkyl carbamates (subject to hydrolysis) is 1. The van der Waals surface area contributed by atoms with Crippen LogP contribution in [0.4, 0.5) is 9.59 Å². The van der Waals surface area contributed by atoms with E-state index in [1.165, 1.54) is 6.92 Å². The van der Waals surface area contributed by atoms with Crippen molar-refractivity contribution in [2.45, 2.75) is 106 Å². The summed E-state index contributed by atoms with van der Waals surface area (Å²) in [4.78, 5) is 63.9. The number of aliphatic hydroxyl groups is 2. The van der Waals surface area contributed by atoms with Gasteiger partial charge < -0.3 is 62.8 Å². The van der Waals surface area contributed by atoms with Crippen LogP contribution >= 0.6 is 11.8 Å². The molecule has 3 heterocycles. The highest BCUT2D eigenvalue weighted by molar-refractivity contribution is 8.00. The summed E-state index contributed by atoms with van der Waals surface area (Å²) >= 11 is 1.86. The first-order valence-electron chi connectivity index (χ1n) is 16.1. The van der Waals surface area contributed by atoms with E-state index in [0.717, 1.165) is 50.4 Å². The van der Waals surface area contributed by atoms with E-state index in [2.05, 4.69) is 31.6 Å². The monoisotopic (exact) mass is 700 g/mol. The highest BCUT2D eigenvalue weighted by Crippen LogP contribution is 2.33. The van der Waals surface area contributed by atoms with E-state index < -0.39 is 66.7 Å². The number of carbonyl (C=O) groups is 5. The van der Waals surface area contributed by atoms with E-state index in [1.54, 1.807) is 0 Å². The molecule has 0 aromatic heterocycles. The summed E-state index contributed by atoms with van der Waals surface area (Å²) in [5.74, 6) is -2.16. The second-order valence-electron chi connectivity index (χ2n) is 11.9. The number of hydrogen-bond acceptors (Lipinski definition) is 11. The fourth-order valence-electron chi connectivity index (χ4n) is 5.82. The molecule has 0 bridgehead atoms. The Morgan fingerprint density at radius 1 is 1.10 bits per heavy atom. The maximum Gasteiger partial charge on any atom is 0.407 e. The number of ether oxygens (including phenoxy) is 2. The Labute approximate surface area is 282 Å². The maximum absolute atomic E-state index is 12.6. The van der Waals surface area contributed by atoms with Crippen molar-refractivity contribution in [2.75, 3.05) is 25.4 Å². The molecular weight excluding hydrogens is 652 g/mol. The molecule has 3 aliphatic heterocycles. The number of aliphatic carboxylic acids is 1. The maximum atomic E-state index is 12.6. The molecule has 0 spiro atoms. The van der Waals surface area contributed by atoms with Gasteiger partial charge in [-0.25, -0.2) is 19.4 Å². The van der Waals surface area contributed by atoms with Gasteiger partial charge in [-0.3, -0.25) is 9.59 Å². The standard InChI is InChI=1S/C29H48N8O10S/c1-15(39)34-23-16(35-27(30)31)12-19(26(42)43)46-25(23)24(18(40)13-38)47-29(45)33-11-7-3-2-6-10-32-21(41)9-5-4-8-20-22-17(14-48-20)36-28(44)37-22/h12,16-18,20,22-25,38,40H,2-11,13-14H2,1H3,(H,32,41)(H,33,45)(H,34,39)(H,42,43)(H4,30,31,35)(H2,36,37,44)/t16-,17-,18+,20-,22-,23+,24+,25+/m0/s1. The number of aliphatic imine (C=N–C) groups is 1. The summed E-state index contributed by atoms with van der Waals surface area (Å²) < 4.78 is 10.9. The SMILES string of the molecule is CC(=O)N[C@H]1[C@H]([C@H](OC(=O)NCCCCCCNC(=O)CCCC[C@@H]2SC[C@@H]3NC(=O)N[C@@H]32)[C@H](O)CO)OC(C(=O)O)=C[C@@H]1N=C(N)N. The van der Waals surface area contributed by atoms with E-state index in [-0.39, 0.29) is 30.6 Å². The number of carboxylic acids is 1. The first-order chi connectivity index (χ1) is 22.9. The van der Waals surface area contributed by atoms with Crippen molar-refractivity contribution < 1.29 is 48.8 Å². The van der Waals surface area contributed by atoms with Crippen molar-refractivity contribution in [1.82, 2.24) is 26.6 Å². The van der Waals surface area contributed by atoms with Crippen molar-refractivity contribution in [3.05, 3.63) is 11.8 Å². The number of nitrogens with zero attached hydrogens (tertiary/aromatic N) is 1. The van der Waals surface area contributed by atoms with Crippen molar-refractivity contribution in [2.24, 2.45) is 16.5 Å². The Morgan fingerprint density at radius 2 is 1.81 bits per heavy atom. The van der Waals surface area contributed by atoms with Crippen LogP contribution in [0.25, 0.3) is 0 Å². The number of guanidine groups is 1. The van der Waals surface area contributed by atoms with Gasteiger partial charge in [0.15, 0.2) is 18.2 Å². The Balaban J connectivity index is 1.34. The minimum absolute atomic E-state index is 0.00472. The number of rotatable bonds is 19. The average molecular weight is 701 g/mol. The fourth-order valence-corrected chi connectivity index (χ4v) is 7.36. The molecule has 0 unspecified atom stereocenters. The molecule has 0 aromatic carbocycles. The summed E-state index contributed by atoms with van der Waals surface area (Å²) in [6.07, 6.45) is 1.27. The molecule has 48 heavy (non-hydrogen) atoms. The number of carboxylic acid groups (broad SMARTS) is 1. The normalized spacial score (nSPS) is 25.6. The Morgan fingerprint density at radius 3 is 2.46 bits per heavy atom. The zero-order chi connectivity index (χ0) is 35.2. The Hall–Kier alpha value is -3.97.